The molecule has 4 heterocycles. The summed E-state index contributed by atoms with van der Waals surface area (Å²) in [6, 6.07) is 24.0. The van der Waals surface area contributed by atoms with Crippen molar-refractivity contribution in [3.8, 4) is 0 Å². The van der Waals surface area contributed by atoms with Gasteiger partial charge in [-0.25, -0.2) is 0 Å². The first-order chi connectivity index (χ1) is 19.5. The number of carbonyl (C=O) groups is 4. The first kappa shape index (κ1) is 25.1. The Morgan fingerprint density at radius 3 is 1.35 bits per heavy atom. The molecule has 40 heavy (non-hydrogen) atoms. The molecule has 0 saturated carbocycles. The number of nitrogens with zero attached hydrogens (tertiary/aromatic N) is 4. The number of aromatic nitrogens is 2. The van der Waals surface area contributed by atoms with Gasteiger partial charge < -0.3 is 0 Å². The second-order valence-electron chi connectivity index (χ2n) is 9.41. The number of fused-ring (bicyclic) bond motifs is 2. The average molecular weight is 531 g/mol. The van der Waals surface area contributed by atoms with Crippen molar-refractivity contribution in [3.05, 3.63) is 131 Å². The number of carbonyl (C=O) groups excluding carboxylic acids is 4. The number of Topliss-reactive ketones (excluding diaryl/α,β-unsaturated/α-hetero) is 2. The Balaban J connectivity index is 1.63. The van der Waals surface area contributed by atoms with Crippen molar-refractivity contribution >= 4 is 34.8 Å². The minimum Gasteiger partial charge on any atom is -0.287 e. The van der Waals surface area contributed by atoms with Gasteiger partial charge in [-0.15, -0.1) is 0 Å². The van der Waals surface area contributed by atoms with Crippen LogP contribution in [0.1, 0.15) is 55.5 Å². The van der Waals surface area contributed by atoms with Gasteiger partial charge in [-0.3, -0.25) is 29.0 Å². The molecule has 196 valence electrons. The minimum atomic E-state index is -0.492. The molecule has 0 N–H and O–H groups in total. The van der Waals surface area contributed by atoms with Gasteiger partial charge in [0.1, 0.15) is 24.5 Å². The number of aryl methyl sites for hydroxylation is 2. The van der Waals surface area contributed by atoms with E-state index in [2.05, 4.69) is 0 Å². The zero-order valence-corrected chi connectivity index (χ0v) is 22.1. The van der Waals surface area contributed by atoms with E-state index in [1.165, 1.54) is 9.80 Å². The molecule has 0 saturated heterocycles. The number of allylic oxidation sites excluding steroid dienone is 2. The van der Waals surface area contributed by atoms with Crippen LogP contribution in [0, 0.1) is 0 Å². The lowest BCUT2D eigenvalue weighted by atomic mass is 10.1. The molecule has 6 rings (SSSR count). The largest absolute Gasteiger partial charge is 0.327 e. The molecule has 2 amide bonds. The van der Waals surface area contributed by atoms with E-state index in [0.29, 0.717) is 35.9 Å². The van der Waals surface area contributed by atoms with E-state index in [1.54, 1.807) is 94.3 Å². The minimum absolute atomic E-state index is 0.133. The van der Waals surface area contributed by atoms with Crippen LogP contribution in [0.3, 0.4) is 0 Å². The highest BCUT2D eigenvalue weighted by atomic mass is 16.2. The molecule has 2 aromatic heterocycles. The van der Waals surface area contributed by atoms with E-state index in [0.717, 1.165) is 0 Å². The Hall–Kier alpha value is -5.24. The molecule has 2 aliphatic rings. The lowest BCUT2D eigenvalue weighted by Crippen LogP contribution is -2.46. The van der Waals surface area contributed by atoms with E-state index >= 15 is 0 Å². The SMILES string of the molecule is CC[n+]1ccccc1C(=O)N1/C(=C2\C(=O)c3ccccc3N2C(=O)c2cccc[n+]2CC)C(=O)c2ccccc21. The van der Waals surface area contributed by atoms with Crippen molar-refractivity contribution in [3.63, 3.8) is 0 Å². The maximum absolute atomic E-state index is 14.2. The van der Waals surface area contributed by atoms with Crippen LogP contribution in [0.4, 0.5) is 11.4 Å². The summed E-state index contributed by atoms with van der Waals surface area (Å²) in [5.41, 5.74) is 1.74. The van der Waals surface area contributed by atoms with Crippen LogP contribution in [0.5, 0.6) is 0 Å². The third kappa shape index (κ3) is 3.68. The number of hydrogen-bond donors (Lipinski definition) is 0. The summed E-state index contributed by atoms with van der Waals surface area (Å²) < 4.78 is 3.55. The predicted molar refractivity (Wildman–Crippen MR) is 147 cm³/mol. The highest BCUT2D eigenvalue weighted by Crippen LogP contribution is 2.43. The molecular weight excluding hydrogens is 504 g/mol. The summed E-state index contributed by atoms with van der Waals surface area (Å²) in [5.74, 6) is -1.92. The van der Waals surface area contributed by atoms with E-state index in [1.807, 2.05) is 26.0 Å². The molecule has 0 spiro atoms. The van der Waals surface area contributed by atoms with Crippen molar-refractivity contribution < 1.29 is 28.3 Å². The fraction of sp³-hybridized carbons (Fsp3) is 0.125. The Labute approximate surface area is 231 Å². The van der Waals surface area contributed by atoms with Crippen molar-refractivity contribution in [2.24, 2.45) is 0 Å². The van der Waals surface area contributed by atoms with Gasteiger partial charge >= 0.3 is 11.8 Å². The number of pyridine rings is 2. The fourth-order valence-electron chi connectivity index (χ4n) is 5.39. The molecule has 0 bridgehead atoms. The summed E-state index contributed by atoms with van der Waals surface area (Å²) in [4.78, 5) is 59.1. The van der Waals surface area contributed by atoms with Gasteiger partial charge in [0.25, 0.3) is 11.4 Å². The smallest absolute Gasteiger partial charge is 0.287 e. The maximum atomic E-state index is 14.2. The Morgan fingerprint density at radius 1 is 0.575 bits per heavy atom. The van der Waals surface area contributed by atoms with Crippen LogP contribution in [0.25, 0.3) is 0 Å². The van der Waals surface area contributed by atoms with Gasteiger partial charge in [0.15, 0.2) is 12.4 Å². The topological polar surface area (TPSA) is 82.5 Å². The zero-order valence-electron chi connectivity index (χ0n) is 22.1. The molecule has 0 radical (unpaired) electrons. The fourth-order valence-corrected chi connectivity index (χ4v) is 5.39. The normalized spacial score (nSPS) is 15.8. The van der Waals surface area contributed by atoms with Gasteiger partial charge in [0.05, 0.1) is 11.4 Å². The quantitative estimate of drug-likeness (QED) is 0.296. The lowest BCUT2D eigenvalue weighted by Gasteiger charge is -2.23. The van der Waals surface area contributed by atoms with Crippen LogP contribution < -0.4 is 18.9 Å². The predicted octanol–water partition coefficient (Wildman–Crippen LogP) is 3.90. The van der Waals surface area contributed by atoms with Gasteiger partial charge in [-0.05, 0) is 50.2 Å². The molecular formula is C32H26N4O4+2. The van der Waals surface area contributed by atoms with Gasteiger partial charge in [-0.2, -0.15) is 9.13 Å². The number of ketones is 2. The Bertz CT molecular complexity index is 1650. The van der Waals surface area contributed by atoms with Crippen molar-refractivity contribution in [1.82, 2.24) is 0 Å². The number of amides is 2. The van der Waals surface area contributed by atoms with Gasteiger partial charge in [0, 0.05) is 35.4 Å². The summed E-state index contributed by atoms with van der Waals surface area (Å²) in [5, 5.41) is 0. The number of para-hydroxylation sites is 2. The zero-order chi connectivity index (χ0) is 28.0. The van der Waals surface area contributed by atoms with Gasteiger partial charge in [0.2, 0.25) is 11.6 Å². The summed E-state index contributed by atoms with van der Waals surface area (Å²) >= 11 is 0. The monoisotopic (exact) mass is 530 g/mol. The van der Waals surface area contributed by atoms with E-state index in [4.69, 9.17) is 0 Å². The van der Waals surface area contributed by atoms with E-state index < -0.39 is 23.4 Å². The molecule has 2 aliphatic heterocycles. The average Bonchev–Trinajstić information content (AvgIpc) is 3.46. The van der Waals surface area contributed by atoms with Crippen molar-refractivity contribution in [2.45, 2.75) is 26.9 Å². The standard InChI is InChI=1S/C32H26N4O4/c1-3-33-19-11-9-17-25(33)31(39)35-23-15-7-5-13-21(23)29(37)27(35)28-30(38)22-14-6-8-16-24(22)36(28)32(40)26-18-10-12-20-34(26)4-2/h5-20H,3-4H2,1-2H3/q+2/b28-27+. The van der Waals surface area contributed by atoms with Crippen LogP contribution in [-0.2, 0) is 13.1 Å². The van der Waals surface area contributed by atoms with Crippen molar-refractivity contribution in [2.75, 3.05) is 9.80 Å². The third-order valence-corrected chi connectivity index (χ3v) is 7.29. The highest BCUT2D eigenvalue weighted by Gasteiger charge is 2.48. The molecule has 8 nitrogen and oxygen atoms in total. The van der Waals surface area contributed by atoms with Gasteiger partial charge in [-0.1, -0.05) is 24.3 Å². The summed E-state index contributed by atoms with van der Waals surface area (Å²) in [7, 11) is 0. The molecule has 0 atom stereocenters. The van der Waals surface area contributed by atoms with Crippen molar-refractivity contribution in [1.29, 1.82) is 0 Å². The van der Waals surface area contributed by atoms with E-state index in [9.17, 15) is 19.2 Å². The molecule has 0 fully saturated rings. The Kier molecular flexibility index (Phi) is 6.15. The molecule has 0 unspecified atom stereocenters. The number of rotatable bonds is 4. The Morgan fingerprint density at radius 2 is 0.950 bits per heavy atom. The summed E-state index contributed by atoms with van der Waals surface area (Å²) in [6.07, 6.45) is 3.57. The second kappa shape index (κ2) is 9.81. The third-order valence-electron chi connectivity index (χ3n) is 7.29. The molecule has 0 aliphatic carbocycles. The highest BCUT2D eigenvalue weighted by molar-refractivity contribution is 6.35. The first-order valence-electron chi connectivity index (χ1n) is 13.2. The van der Waals surface area contributed by atoms with E-state index in [-0.39, 0.29) is 22.5 Å². The number of benzene rings is 2. The molecule has 2 aromatic carbocycles. The van der Waals surface area contributed by atoms with Crippen LogP contribution in [0.2, 0.25) is 0 Å². The first-order valence-corrected chi connectivity index (χ1v) is 13.2. The lowest BCUT2D eigenvalue weighted by molar-refractivity contribution is -0.695. The van der Waals surface area contributed by atoms with Crippen LogP contribution in [0.15, 0.2) is 109 Å². The maximum Gasteiger partial charge on any atom is 0.327 e. The number of anilines is 2. The van der Waals surface area contributed by atoms with Crippen LogP contribution >= 0.6 is 0 Å². The second-order valence-corrected chi connectivity index (χ2v) is 9.41. The molecule has 8 heteroatoms. The van der Waals surface area contributed by atoms with Crippen LogP contribution in [-0.4, -0.2) is 23.4 Å². The summed E-state index contributed by atoms with van der Waals surface area (Å²) in [6.45, 7) is 4.88. The number of hydrogen-bond acceptors (Lipinski definition) is 4. The molecule has 4 aromatic rings.